The fourth-order valence-corrected chi connectivity index (χ4v) is 3.85. The molecule has 0 aliphatic carbocycles. The molecule has 1 unspecified atom stereocenters. The Morgan fingerprint density at radius 1 is 1.17 bits per heavy atom. The van der Waals surface area contributed by atoms with E-state index in [1.165, 1.54) is 0 Å². The first-order valence-corrected chi connectivity index (χ1v) is 5.70. The average molecular weight is 358 g/mol. The molecular formula is C8H6Br3O. The summed E-state index contributed by atoms with van der Waals surface area (Å²) in [6.07, 6.45) is -0.721. The molecule has 0 bridgehead atoms. The van der Waals surface area contributed by atoms with Crippen LogP contribution < -0.4 is 0 Å². The van der Waals surface area contributed by atoms with E-state index in [0.717, 1.165) is 19.0 Å². The summed E-state index contributed by atoms with van der Waals surface area (Å²) in [5, 5.41) is 11.2. The molecule has 0 amide bonds. The second-order valence-corrected chi connectivity index (χ2v) is 5.05. The third kappa shape index (κ3) is 2.31. The lowest BCUT2D eigenvalue weighted by molar-refractivity contribution is 0.105. The fourth-order valence-electron chi connectivity index (χ4n) is 0.942. The van der Waals surface area contributed by atoms with Gasteiger partial charge >= 0.3 is 0 Å². The maximum absolute atomic E-state index is 11.2. The van der Waals surface area contributed by atoms with Gasteiger partial charge in [0.2, 0.25) is 0 Å². The molecule has 65 valence electrons. The molecular weight excluding hydrogens is 352 g/mol. The summed E-state index contributed by atoms with van der Waals surface area (Å²) in [4.78, 5) is 0. The first kappa shape index (κ1) is 10.7. The molecule has 0 spiro atoms. The van der Waals surface area contributed by atoms with Crippen LogP contribution in [-0.2, 0) is 5.11 Å². The quantitative estimate of drug-likeness (QED) is 0.707. The SMILES string of the molecule is CC([O])c1c(Br)cc(Br)cc1Br. The van der Waals surface area contributed by atoms with Crippen LogP contribution in [0.5, 0.6) is 0 Å². The molecule has 0 N–H and O–H groups in total. The topological polar surface area (TPSA) is 19.9 Å². The van der Waals surface area contributed by atoms with Gasteiger partial charge < -0.3 is 0 Å². The van der Waals surface area contributed by atoms with Gasteiger partial charge in [-0.2, -0.15) is 0 Å². The third-order valence-corrected chi connectivity index (χ3v) is 3.22. The van der Waals surface area contributed by atoms with E-state index in [0.29, 0.717) is 0 Å². The number of hydrogen-bond acceptors (Lipinski definition) is 0. The molecule has 1 nitrogen and oxygen atoms in total. The van der Waals surface area contributed by atoms with E-state index in [1.807, 2.05) is 12.1 Å². The minimum atomic E-state index is -0.721. The van der Waals surface area contributed by atoms with Gasteiger partial charge in [-0.1, -0.05) is 47.8 Å². The van der Waals surface area contributed by atoms with Gasteiger partial charge in [-0.15, -0.1) is 0 Å². The first-order chi connectivity index (χ1) is 5.52. The van der Waals surface area contributed by atoms with E-state index in [1.54, 1.807) is 6.92 Å². The average Bonchev–Trinajstić information content (AvgIpc) is 1.82. The van der Waals surface area contributed by atoms with Crippen LogP contribution in [0.1, 0.15) is 18.6 Å². The molecule has 1 atom stereocenters. The lowest BCUT2D eigenvalue weighted by atomic mass is 10.1. The predicted octanol–water partition coefficient (Wildman–Crippen LogP) is 4.47. The predicted molar refractivity (Wildman–Crippen MR) is 58.6 cm³/mol. The summed E-state index contributed by atoms with van der Waals surface area (Å²) in [5.74, 6) is 0. The summed E-state index contributed by atoms with van der Waals surface area (Å²) >= 11 is 10.0. The Hall–Kier alpha value is 0.620. The van der Waals surface area contributed by atoms with Crippen LogP contribution in [0, 0.1) is 0 Å². The zero-order chi connectivity index (χ0) is 9.30. The van der Waals surface area contributed by atoms with Crippen molar-refractivity contribution in [1.29, 1.82) is 0 Å². The summed E-state index contributed by atoms with van der Waals surface area (Å²) in [7, 11) is 0. The highest BCUT2D eigenvalue weighted by molar-refractivity contribution is 9.11. The molecule has 0 saturated heterocycles. The van der Waals surface area contributed by atoms with Crippen molar-refractivity contribution in [3.8, 4) is 0 Å². The van der Waals surface area contributed by atoms with Gasteiger partial charge in [0.05, 0.1) is 0 Å². The van der Waals surface area contributed by atoms with Crippen molar-refractivity contribution in [2.75, 3.05) is 0 Å². The molecule has 1 aromatic carbocycles. The number of rotatable bonds is 1. The highest BCUT2D eigenvalue weighted by Crippen LogP contribution is 2.33. The van der Waals surface area contributed by atoms with Gasteiger partial charge in [0.1, 0.15) is 6.10 Å². The largest absolute Gasteiger partial charge is 0.228 e. The van der Waals surface area contributed by atoms with Gasteiger partial charge in [0.15, 0.2) is 0 Å². The van der Waals surface area contributed by atoms with Crippen LogP contribution in [0.15, 0.2) is 25.6 Å². The van der Waals surface area contributed by atoms with Gasteiger partial charge in [0.25, 0.3) is 0 Å². The zero-order valence-corrected chi connectivity index (χ0v) is 11.0. The van der Waals surface area contributed by atoms with Crippen molar-refractivity contribution >= 4 is 47.8 Å². The van der Waals surface area contributed by atoms with Crippen molar-refractivity contribution in [3.05, 3.63) is 31.1 Å². The van der Waals surface area contributed by atoms with E-state index >= 15 is 0 Å². The van der Waals surface area contributed by atoms with Gasteiger partial charge in [0, 0.05) is 19.0 Å². The molecule has 1 rings (SSSR count). The second kappa shape index (κ2) is 4.22. The van der Waals surface area contributed by atoms with Gasteiger partial charge in [-0.3, -0.25) is 0 Å². The summed E-state index contributed by atoms with van der Waals surface area (Å²) in [6, 6.07) is 3.74. The standard InChI is InChI=1S/C8H6Br3O/c1-4(12)8-6(10)2-5(9)3-7(8)11/h2-4H,1H3. The zero-order valence-electron chi connectivity index (χ0n) is 6.27. The minimum absolute atomic E-state index is 0.721. The Morgan fingerprint density at radius 3 is 1.92 bits per heavy atom. The lowest BCUT2D eigenvalue weighted by Crippen LogP contribution is -1.92. The van der Waals surface area contributed by atoms with Crippen LogP contribution in [0.3, 0.4) is 0 Å². The maximum atomic E-state index is 11.2. The smallest absolute Gasteiger partial charge is 0.117 e. The third-order valence-electron chi connectivity index (χ3n) is 1.45. The van der Waals surface area contributed by atoms with Crippen LogP contribution >= 0.6 is 47.8 Å². The van der Waals surface area contributed by atoms with Crippen LogP contribution in [-0.4, -0.2) is 0 Å². The van der Waals surface area contributed by atoms with E-state index in [9.17, 15) is 5.11 Å². The maximum Gasteiger partial charge on any atom is 0.117 e. The highest BCUT2D eigenvalue weighted by Gasteiger charge is 2.12. The van der Waals surface area contributed by atoms with Crippen molar-refractivity contribution in [2.45, 2.75) is 13.0 Å². The minimum Gasteiger partial charge on any atom is -0.228 e. The molecule has 1 aromatic rings. The molecule has 0 aliphatic heterocycles. The Labute approximate surface area is 96.6 Å². The van der Waals surface area contributed by atoms with E-state index in [4.69, 9.17) is 0 Å². The van der Waals surface area contributed by atoms with Gasteiger partial charge in [-0.05, 0) is 19.1 Å². The van der Waals surface area contributed by atoms with Crippen molar-refractivity contribution in [3.63, 3.8) is 0 Å². The Morgan fingerprint density at radius 2 is 1.58 bits per heavy atom. The summed E-state index contributed by atoms with van der Waals surface area (Å²) in [6.45, 7) is 1.62. The molecule has 12 heavy (non-hydrogen) atoms. The monoisotopic (exact) mass is 355 g/mol. The van der Waals surface area contributed by atoms with Crippen molar-refractivity contribution in [2.24, 2.45) is 0 Å². The van der Waals surface area contributed by atoms with Crippen LogP contribution in [0.25, 0.3) is 0 Å². The first-order valence-electron chi connectivity index (χ1n) is 3.32. The number of halogens is 3. The molecule has 1 radical (unpaired) electrons. The molecule has 0 aromatic heterocycles. The molecule has 0 saturated carbocycles. The molecule has 0 fully saturated rings. The summed E-state index contributed by atoms with van der Waals surface area (Å²) < 4.78 is 2.63. The van der Waals surface area contributed by atoms with Gasteiger partial charge in [-0.25, -0.2) is 5.11 Å². The Kier molecular flexibility index (Phi) is 3.76. The van der Waals surface area contributed by atoms with Crippen molar-refractivity contribution in [1.82, 2.24) is 0 Å². The second-order valence-electron chi connectivity index (χ2n) is 2.43. The van der Waals surface area contributed by atoms with Crippen LogP contribution in [0.4, 0.5) is 0 Å². The normalized spacial score (nSPS) is 13.1. The van der Waals surface area contributed by atoms with E-state index < -0.39 is 6.10 Å². The molecule has 4 heteroatoms. The highest BCUT2D eigenvalue weighted by atomic mass is 79.9. The lowest BCUT2D eigenvalue weighted by Gasteiger charge is -2.08. The Balaban J connectivity index is 3.28. The number of hydrogen-bond donors (Lipinski definition) is 0. The van der Waals surface area contributed by atoms with Crippen LogP contribution in [0.2, 0.25) is 0 Å². The fraction of sp³-hybridized carbons (Fsp3) is 0.250. The summed E-state index contributed by atoms with van der Waals surface area (Å²) in [5.41, 5.74) is 0.762. The van der Waals surface area contributed by atoms with Crippen molar-refractivity contribution < 1.29 is 5.11 Å². The van der Waals surface area contributed by atoms with E-state index in [2.05, 4.69) is 47.8 Å². The Bertz CT molecular complexity index is 273. The van der Waals surface area contributed by atoms with E-state index in [-0.39, 0.29) is 0 Å². The molecule has 0 heterocycles. The molecule has 0 aliphatic rings. The number of benzene rings is 1.